The lowest BCUT2D eigenvalue weighted by molar-refractivity contribution is 0.672. The first-order chi connectivity index (χ1) is 13.9. The molecule has 4 aromatic carbocycles. The molecule has 0 heteroatoms. The first kappa shape index (κ1) is 19.7. The molecular formula is C29H32. The normalized spacial score (nSPS) is 13.9. The van der Waals surface area contributed by atoms with Crippen LogP contribution in [0.2, 0.25) is 0 Å². The van der Waals surface area contributed by atoms with Crippen molar-refractivity contribution in [1.29, 1.82) is 0 Å². The zero-order chi connectivity index (χ0) is 20.9. The van der Waals surface area contributed by atoms with E-state index in [9.17, 15) is 0 Å². The van der Waals surface area contributed by atoms with E-state index in [0.717, 1.165) is 0 Å². The zero-order valence-electron chi connectivity index (χ0n) is 18.9. The second-order valence-electron chi connectivity index (χ2n) is 8.96. The number of fused-ring (bicyclic) bond motifs is 7. The first-order valence-corrected chi connectivity index (χ1v) is 11.0. The number of benzene rings is 4. The minimum atomic E-state index is -0.00169. The molecule has 1 aliphatic rings. The van der Waals surface area contributed by atoms with Gasteiger partial charge in [0.25, 0.3) is 0 Å². The summed E-state index contributed by atoms with van der Waals surface area (Å²) in [6, 6.07) is 23.2. The van der Waals surface area contributed by atoms with Crippen LogP contribution in [0.5, 0.6) is 0 Å². The summed E-state index contributed by atoms with van der Waals surface area (Å²) in [6.07, 6.45) is 0. The Kier molecular flexibility index (Phi) is 4.77. The van der Waals surface area contributed by atoms with Crippen molar-refractivity contribution in [2.45, 2.75) is 59.8 Å². The van der Waals surface area contributed by atoms with E-state index in [4.69, 9.17) is 0 Å². The van der Waals surface area contributed by atoms with Crippen LogP contribution >= 0.6 is 0 Å². The van der Waals surface area contributed by atoms with Crippen molar-refractivity contribution in [1.82, 2.24) is 0 Å². The Bertz CT molecular complexity index is 1220. The molecule has 0 radical (unpaired) electrons. The maximum Gasteiger partial charge on any atom is 0.0171 e. The lowest BCUT2D eigenvalue weighted by Gasteiger charge is -2.25. The van der Waals surface area contributed by atoms with Crippen molar-refractivity contribution in [2.24, 2.45) is 0 Å². The third-order valence-corrected chi connectivity index (χ3v) is 6.43. The molecule has 0 heterocycles. The van der Waals surface area contributed by atoms with Crippen molar-refractivity contribution in [3.63, 3.8) is 0 Å². The molecule has 0 unspecified atom stereocenters. The highest BCUT2D eigenvalue weighted by Crippen LogP contribution is 2.53. The van der Waals surface area contributed by atoms with Gasteiger partial charge in [-0.2, -0.15) is 0 Å². The number of hydrogen-bond acceptors (Lipinski definition) is 0. The fourth-order valence-electron chi connectivity index (χ4n) is 5.08. The number of aryl methyl sites for hydroxylation is 1. The summed E-state index contributed by atoms with van der Waals surface area (Å²) in [6.45, 7) is 15.5. The van der Waals surface area contributed by atoms with Gasteiger partial charge in [0.2, 0.25) is 0 Å². The van der Waals surface area contributed by atoms with Crippen LogP contribution < -0.4 is 0 Å². The monoisotopic (exact) mass is 380 g/mol. The van der Waals surface area contributed by atoms with Crippen LogP contribution in [-0.2, 0) is 5.41 Å². The summed E-state index contributed by atoms with van der Waals surface area (Å²) in [5.74, 6) is 0.556. The Morgan fingerprint density at radius 3 is 1.72 bits per heavy atom. The third-order valence-electron chi connectivity index (χ3n) is 6.43. The van der Waals surface area contributed by atoms with Crippen molar-refractivity contribution < 1.29 is 0 Å². The van der Waals surface area contributed by atoms with Gasteiger partial charge in [0.15, 0.2) is 0 Å². The minimum absolute atomic E-state index is 0.00169. The highest BCUT2D eigenvalue weighted by molar-refractivity contribution is 6.03. The van der Waals surface area contributed by atoms with Crippen LogP contribution in [0.15, 0.2) is 60.7 Å². The lowest BCUT2D eigenvalue weighted by Crippen LogP contribution is -2.16. The Morgan fingerprint density at radius 2 is 1.17 bits per heavy atom. The summed E-state index contributed by atoms with van der Waals surface area (Å²) in [4.78, 5) is 0. The first-order valence-electron chi connectivity index (χ1n) is 11.0. The van der Waals surface area contributed by atoms with Crippen molar-refractivity contribution in [2.75, 3.05) is 0 Å². The van der Waals surface area contributed by atoms with Gasteiger partial charge in [0, 0.05) is 5.41 Å². The summed E-state index contributed by atoms with van der Waals surface area (Å²) >= 11 is 0. The molecule has 0 amide bonds. The van der Waals surface area contributed by atoms with Crippen molar-refractivity contribution >= 4 is 21.5 Å². The van der Waals surface area contributed by atoms with Gasteiger partial charge in [0.1, 0.15) is 0 Å². The van der Waals surface area contributed by atoms with Crippen LogP contribution in [0, 0.1) is 6.92 Å². The molecule has 148 valence electrons. The van der Waals surface area contributed by atoms with E-state index < -0.39 is 0 Å². The fourth-order valence-corrected chi connectivity index (χ4v) is 5.08. The number of rotatable bonds is 1. The van der Waals surface area contributed by atoms with Gasteiger partial charge in [-0.1, -0.05) is 108 Å². The number of hydrogen-bond donors (Lipinski definition) is 0. The molecule has 0 saturated heterocycles. The summed E-state index contributed by atoms with van der Waals surface area (Å²) in [5.41, 5.74) is 8.51. The molecule has 0 bridgehead atoms. The van der Waals surface area contributed by atoms with E-state index in [-0.39, 0.29) is 5.41 Å². The van der Waals surface area contributed by atoms with Crippen molar-refractivity contribution in [3.8, 4) is 11.1 Å². The average molecular weight is 381 g/mol. The standard InChI is InChI=1S/C27H26.C2H6/c1-16(2)18-7-11-22-20(15-18)9-13-24-23-12-8-19-14-17(3)6-10-21(19)25(23)27(4,5)26(22)24;1-2/h6-16H,1-5H3;1-2H3. The Hall–Kier alpha value is -2.60. The van der Waals surface area contributed by atoms with Crippen LogP contribution in [0.3, 0.4) is 0 Å². The van der Waals surface area contributed by atoms with Crippen LogP contribution in [0.4, 0.5) is 0 Å². The van der Waals surface area contributed by atoms with Crippen LogP contribution in [0.1, 0.15) is 69.7 Å². The van der Waals surface area contributed by atoms with E-state index in [2.05, 4.69) is 95.3 Å². The second kappa shape index (κ2) is 7.02. The molecule has 0 nitrogen and oxygen atoms in total. The van der Waals surface area contributed by atoms with Gasteiger partial charge in [-0.25, -0.2) is 0 Å². The SMILES string of the molecule is CC.Cc1ccc2c3c(ccc2c1)-c1ccc2cc(C(C)C)ccc2c1C3(C)C. The summed E-state index contributed by atoms with van der Waals surface area (Å²) in [5, 5.41) is 5.51. The van der Waals surface area contributed by atoms with Crippen LogP contribution in [-0.4, -0.2) is 0 Å². The molecule has 29 heavy (non-hydrogen) atoms. The fraction of sp³-hybridized carbons (Fsp3) is 0.310. The maximum atomic E-state index is 2.40. The predicted molar refractivity (Wildman–Crippen MR) is 129 cm³/mol. The van der Waals surface area contributed by atoms with Gasteiger partial charge in [-0.05, 0) is 62.2 Å². The maximum absolute atomic E-state index is 2.40. The predicted octanol–water partition coefficient (Wildman–Crippen LogP) is 8.76. The Morgan fingerprint density at radius 1 is 0.655 bits per heavy atom. The molecule has 4 aromatic rings. The third kappa shape index (κ3) is 2.89. The molecule has 0 saturated carbocycles. The Labute approximate surface area is 175 Å². The Balaban J connectivity index is 0.000000994. The molecule has 0 spiro atoms. The summed E-state index contributed by atoms with van der Waals surface area (Å²) < 4.78 is 0. The van der Waals surface area contributed by atoms with Gasteiger partial charge in [-0.15, -0.1) is 0 Å². The van der Waals surface area contributed by atoms with Crippen molar-refractivity contribution in [3.05, 3.63) is 82.9 Å². The van der Waals surface area contributed by atoms with E-state index >= 15 is 0 Å². The van der Waals surface area contributed by atoms with E-state index in [1.165, 1.54) is 54.9 Å². The smallest absolute Gasteiger partial charge is 0.0171 e. The second-order valence-corrected chi connectivity index (χ2v) is 8.96. The molecule has 0 aliphatic heterocycles. The molecule has 1 aliphatic carbocycles. The summed E-state index contributed by atoms with van der Waals surface area (Å²) in [7, 11) is 0. The zero-order valence-corrected chi connectivity index (χ0v) is 18.9. The van der Waals surface area contributed by atoms with Gasteiger partial charge in [0.05, 0.1) is 0 Å². The van der Waals surface area contributed by atoms with E-state index in [0.29, 0.717) is 5.92 Å². The largest absolute Gasteiger partial charge is 0.0683 e. The lowest BCUT2D eigenvalue weighted by atomic mass is 9.78. The molecular weight excluding hydrogens is 348 g/mol. The van der Waals surface area contributed by atoms with Gasteiger partial charge < -0.3 is 0 Å². The van der Waals surface area contributed by atoms with Crippen LogP contribution in [0.25, 0.3) is 32.7 Å². The highest BCUT2D eigenvalue weighted by atomic mass is 14.4. The van der Waals surface area contributed by atoms with E-state index in [1.54, 1.807) is 0 Å². The van der Waals surface area contributed by atoms with Gasteiger partial charge in [-0.3, -0.25) is 0 Å². The topological polar surface area (TPSA) is 0 Å². The quantitative estimate of drug-likeness (QED) is 0.309. The van der Waals surface area contributed by atoms with E-state index in [1.807, 2.05) is 13.8 Å². The molecule has 5 rings (SSSR count). The molecule has 0 fully saturated rings. The molecule has 0 aromatic heterocycles. The molecule has 0 atom stereocenters. The average Bonchev–Trinajstić information content (AvgIpc) is 2.96. The molecule has 0 N–H and O–H groups in total. The minimum Gasteiger partial charge on any atom is -0.0683 e. The van der Waals surface area contributed by atoms with Gasteiger partial charge >= 0.3 is 0 Å². The highest BCUT2D eigenvalue weighted by Gasteiger charge is 2.38.